The van der Waals surface area contributed by atoms with E-state index in [4.69, 9.17) is 18.9 Å². The van der Waals surface area contributed by atoms with E-state index < -0.39 is 43.4 Å². The molecule has 0 saturated carbocycles. The van der Waals surface area contributed by atoms with Crippen molar-refractivity contribution in [3.05, 3.63) is 109 Å². The Labute approximate surface area is 376 Å². The van der Waals surface area contributed by atoms with E-state index in [1.54, 1.807) is 0 Å². The second-order valence-corrected chi connectivity index (χ2v) is 15.8. The second kappa shape index (κ2) is 43.1. The molecule has 0 aromatic rings. The smallest absolute Gasteiger partial charge is 0.306 e. The van der Waals surface area contributed by atoms with E-state index in [0.717, 1.165) is 96.3 Å². The Hall–Kier alpha value is -3.15. The van der Waals surface area contributed by atoms with Crippen LogP contribution in [0.5, 0.6) is 0 Å². The third-order valence-electron chi connectivity index (χ3n) is 10.2. The molecule has 0 amide bonds. The van der Waals surface area contributed by atoms with Gasteiger partial charge in [-0.05, 0) is 96.3 Å². The summed E-state index contributed by atoms with van der Waals surface area (Å²) in [7, 11) is 0. The Morgan fingerprint density at radius 2 is 0.984 bits per heavy atom. The molecule has 9 heteroatoms. The summed E-state index contributed by atoms with van der Waals surface area (Å²) in [6, 6.07) is 0. The monoisotopic (exact) mass is 867 g/mol. The maximum atomic E-state index is 12.8. The van der Waals surface area contributed by atoms with Crippen molar-refractivity contribution in [3.63, 3.8) is 0 Å². The van der Waals surface area contributed by atoms with Gasteiger partial charge in [-0.1, -0.05) is 162 Å². The summed E-state index contributed by atoms with van der Waals surface area (Å²) < 4.78 is 22.8. The minimum Gasteiger partial charge on any atom is -0.457 e. The fraction of sp³-hybridized carbons (Fsp3) is 0.642. The Morgan fingerprint density at radius 1 is 0.532 bits per heavy atom. The number of aliphatic hydroxyl groups excluding tert-OH is 4. The number of carbonyl (C=O) groups is 1. The van der Waals surface area contributed by atoms with Crippen LogP contribution in [-0.4, -0.2) is 89.6 Å². The summed E-state index contributed by atoms with van der Waals surface area (Å²) in [4.78, 5) is 12.8. The SMILES string of the molecule is CC/C=C\C/C=C\C/C=C\C/C=C\C/C=C\C/C=C\CCCOCC(COC1OC(CO)C(O)C(O)C1O)OC(=O)CCCCCCCC/C=C\C/C=C\C/C=C\CCCCC. The minimum atomic E-state index is -1.56. The largest absolute Gasteiger partial charge is 0.457 e. The van der Waals surface area contributed by atoms with Crippen LogP contribution >= 0.6 is 0 Å². The van der Waals surface area contributed by atoms with Gasteiger partial charge in [-0.25, -0.2) is 0 Å². The van der Waals surface area contributed by atoms with Gasteiger partial charge in [-0.2, -0.15) is 0 Å². The number of allylic oxidation sites excluding steroid dienone is 18. The van der Waals surface area contributed by atoms with Gasteiger partial charge < -0.3 is 39.4 Å². The third-order valence-corrected chi connectivity index (χ3v) is 10.2. The molecule has 0 aromatic carbocycles. The van der Waals surface area contributed by atoms with Crippen molar-refractivity contribution in [3.8, 4) is 0 Å². The fourth-order valence-corrected chi connectivity index (χ4v) is 6.45. The molecule has 1 heterocycles. The van der Waals surface area contributed by atoms with Gasteiger partial charge in [-0.3, -0.25) is 4.79 Å². The van der Waals surface area contributed by atoms with Gasteiger partial charge in [0.25, 0.3) is 0 Å². The van der Waals surface area contributed by atoms with Gasteiger partial charge in [0, 0.05) is 13.0 Å². The van der Waals surface area contributed by atoms with E-state index in [0.29, 0.717) is 6.61 Å². The van der Waals surface area contributed by atoms with Crippen LogP contribution in [0.2, 0.25) is 0 Å². The summed E-state index contributed by atoms with van der Waals surface area (Å²) in [5.74, 6) is -0.351. The first-order chi connectivity index (χ1) is 30.4. The third kappa shape index (κ3) is 33.4. The van der Waals surface area contributed by atoms with Gasteiger partial charge in [0.05, 0.1) is 19.8 Å². The van der Waals surface area contributed by atoms with Crippen LogP contribution in [0, 0.1) is 0 Å². The lowest BCUT2D eigenvalue weighted by atomic mass is 9.99. The zero-order valence-corrected chi connectivity index (χ0v) is 38.6. The maximum absolute atomic E-state index is 12.8. The van der Waals surface area contributed by atoms with Crippen molar-refractivity contribution in [2.24, 2.45) is 0 Å². The first kappa shape index (κ1) is 56.9. The topological polar surface area (TPSA) is 135 Å². The average molecular weight is 867 g/mol. The van der Waals surface area contributed by atoms with Gasteiger partial charge in [-0.15, -0.1) is 0 Å². The number of esters is 1. The van der Waals surface area contributed by atoms with E-state index >= 15 is 0 Å². The van der Waals surface area contributed by atoms with Crippen molar-refractivity contribution in [1.29, 1.82) is 0 Å². The predicted molar refractivity (Wildman–Crippen MR) is 256 cm³/mol. The highest BCUT2D eigenvalue weighted by Gasteiger charge is 2.44. The van der Waals surface area contributed by atoms with Crippen molar-refractivity contribution < 1.29 is 44.2 Å². The summed E-state index contributed by atoms with van der Waals surface area (Å²) in [6.07, 6.45) is 54.0. The predicted octanol–water partition coefficient (Wildman–Crippen LogP) is 11.4. The highest BCUT2D eigenvalue weighted by Crippen LogP contribution is 2.22. The quantitative estimate of drug-likeness (QED) is 0.0271. The molecule has 6 atom stereocenters. The second-order valence-electron chi connectivity index (χ2n) is 15.8. The number of unbranched alkanes of at least 4 members (excludes halogenated alkanes) is 10. The van der Waals surface area contributed by atoms with Crippen LogP contribution in [0.3, 0.4) is 0 Å². The van der Waals surface area contributed by atoms with Crippen LogP contribution in [0.4, 0.5) is 0 Å². The van der Waals surface area contributed by atoms with Crippen molar-refractivity contribution in [2.75, 3.05) is 26.4 Å². The first-order valence-electron chi connectivity index (χ1n) is 24.0. The standard InChI is InChI=1S/C53H86O9/c1-3-5-7-9-11-13-15-17-19-21-23-25-27-29-31-33-35-37-39-41-43-59-45-47(46-60-53-52(58)51(57)50(56)48(44-54)62-53)61-49(55)42-40-38-36-34-32-30-28-26-24-22-20-18-16-14-12-10-8-6-4-2/h5,7,11-14,17-20,23-26,29,31,35,37,47-48,50-54,56-58H,3-4,6,8-10,15-16,21-22,27-28,30,32-34,36,38-46H2,1-2H3/b7-5-,13-11-,14-12-,19-17-,20-18-,25-23-,26-24-,31-29-,37-35-. The summed E-state index contributed by atoms with van der Waals surface area (Å²) in [5.41, 5.74) is 0. The number of carbonyl (C=O) groups excluding carboxylic acids is 1. The van der Waals surface area contributed by atoms with E-state index in [9.17, 15) is 25.2 Å². The Balaban J connectivity index is 2.32. The number of hydrogen-bond acceptors (Lipinski definition) is 9. The van der Waals surface area contributed by atoms with Crippen LogP contribution in [0.15, 0.2) is 109 Å². The molecule has 1 aliphatic heterocycles. The number of ether oxygens (including phenoxy) is 4. The molecule has 62 heavy (non-hydrogen) atoms. The fourth-order valence-electron chi connectivity index (χ4n) is 6.45. The first-order valence-corrected chi connectivity index (χ1v) is 24.0. The Bertz CT molecular complexity index is 1310. The lowest BCUT2D eigenvalue weighted by Crippen LogP contribution is -2.59. The number of aliphatic hydroxyl groups is 4. The Kier molecular flexibility index (Phi) is 39.5. The van der Waals surface area contributed by atoms with Crippen LogP contribution in [0.1, 0.15) is 155 Å². The van der Waals surface area contributed by atoms with Crippen molar-refractivity contribution in [2.45, 2.75) is 192 Å². The van der Waals surface area contributed by atoms with Crippen LogP contribution in [0.25, 0.3) is 0 Å². The van der Waals surface area contributed by atoms with Gasteiger partial charge in [0.1, 0.15) is 30.5 Å². The van der Waals surface area contributed by atoms with Gasteiger partial charge >= 0.3 is 5.97 Å². The average Bonchev–Trinajstić information content (AvgIpc) is 3.27. The van der Waals surface area contributed by atoms with Gasteiger partial charge in [0.15, 0.2) is 6.29 Å². The molecule has 0 bridgehead atoms. The number of hydrogen-bond donors (Lipinski definition) is 4. The molecule has 0 aromatic heterocycles. The molecule has 6 unspecified atom stereocenters. The lowest BCUT2D eigenvalue weighted by molar-refractivity contribution is -0.305. The summed E-state index contributed by atoms with van der Waals surface area (Å²) in [5, 5.41) is 40.2. The van der Waals surface area contributed by atoms with E-state index in [2.05, 4.69) is 123 Å². The highest BCUT2D eigenvalue weighted by molar-refractivity contribution is 5.69. The van der Waals surface area contributed by atoms with E-state index in [1.165, 1.54) is 38.5 Å². The summed E-state index contributed by atoms with van der Waals surface area (Å²) in [6.45, 7) is 4.22. The normalized spacial score (nSPS) is 20.8. The molecule has 0 aliphatic carbocycles. The molecule has 9 nitrogen and oxygen atoms in total. The van der Waals surface area contributed by atoms with Crippen molar-refractivity contribution >= 4 is 5.97 Å². The molecule has 4 N–H and O–H groups in total. The minimum absolute atomic E-state index is 0.0915. The van der Waals surface area contributed by atoms with E-state index in [1.807, 2.05) is 0 Å². The Morgan fingerprint density at radius 3 is 1.48 bits per heavy atom. The molecule has 1 rings (SSSR count). The van der Waals surface area contributed by atoms with Gasteiger partial charge in [0.2, 0.25) is 0 Å². The lowest BCUT2D eigenvalue weighted by Gasteiger charge is -2.39. The van der Waals surface area contributed by atoms with E-state index in [-0.39, 0.29) is 25.6 Å². The van der Waals surface area contributed by atoms with Crippen LogP contribution < -0.4 is 0 Å². The number of rotatable bonds is 39. The highest BCUT2D eigenvalue weighted by atomic mass is 16.7. The maximum Gasteiger partial charge on any atom is 0.306 e. The molecule has 352 valence electrons. The molecular formula is C53H86O9. The zero-order chi connectivity index (χ0) is 45.0. The molecule has 1 saturated heterocycles. The van der Waals surface area contributed by atoms with Crippen molar-refractivity contribution in [1.82, 2.24) is 0 Å². The summed E-state index contributed by atoms with van der Waals surface area (Å²) >= 11 is 0. The molecule has 0 radical (unpaired) electrons. The molecule has 1 fully saturated rings. The molecule has 1 aliphatic rings. The van der Waals surface area contributed by atoms with Crippen LogP contribution in [-0.2, 0) is 23.7 Å². The zero-order valence-electron chi connectivity index (χ0n) is 38.6. The molecular weight excluding hydrogens is 781 g/mol. The molecule has 0 spiro atoms.